The molecule has 1 aromatic heterocycles. The van der Waals surface area contributed by atoms with Gasteiger partial charge in [0.05, 0.1) is 25.0 Å². The first-order chi connectivity index (χ1) is 13.9. The van der Waals surface area contributed by atoms with Crippen molar-refractivity contribution in [2.45, 2.75) is 45.2 Å². The van der Waals surface area contributed by atoms with Crippen molar-refractivity contribution in [3.05, 3.63) is 40.8 Å². The van der Waals surface area contributed by atoms with E-state index in [0.29, 0.717) is 6.54 Å². The third kappa shape index (κ3) is 4.80. The monoisotopic (exact) mass is 462 g/mol. The van der Waals surface area contributed by atoms with Gasteiger partial charge in [0.2, 0.25) is 5.91 Å². The summed E-state index contributed by atoms with van der Waals surface area (Å²) in [6.07, 6.45) is 3.72. The molecular weight excluding hydrogens is 436 g/mol. The molecule has 1 aliphatic heterocycles. The highest BCUT2D eigenvalue weighted by atomic mass is 79.9. The third-order valence-corrected chi connectivity index (χ3v) is 6.07. The van der Waals surface area contributed by atoms with E-state index in [-0.39, 0.29) is 17.9 Å². The molecule has 3 atom stereocenters. The summed E-state index contributed by atoms with van der Waals surface area (Å²) in [5, 5.41) is 2.71. The quantitative estimate of drug-likeness (QED) is 0.670. The fourth-order valence-corrected chi connectivity index (χ4v) is 3.91. The minimum atomic E-state index is -0.617. The van der Waals surface area contributed by atoms with Gasteiger partial charge >= 0.3 is 6.09 Å². The summed E-state index contributed by atoms with van der Waals surface area (Å²) >= 11 is 3.45. The Kier molecular flexibility index (Phi) is 6.95. The second kappa shape index (κ2) is 9.43. The number of aromatic amines is 1. The number of likely N-dealkylation sites (tertiary alicyclic amines) is 1. The number of rotatable bonds is 6. The maximum atomic E-state index is 13.3. The highest BCUT2D eigenvalue weighted by Gasteiger charge is 2.38. The number of hydrogen-bond donors (Lipinski definition) is 2. The van der Waals surface area contributed by atoms with Crippen LogP contribution in [0.4, 0.5) is 4.79 Å². The van der Waals surface area contributed by atoms with Gasteiger partial charge in [-0.3, -0.25) is 4.79 Å². The molecule has 0 bridgehead atoms. The van der Waals surface area contributed by atoms with Gasteiger partial charge in [-0.2, -0.15) is 0 Å². The summed E-state index contributed by atoms with van der Waals surface area (Å²) in [6.45, 7) is 4.61. The second-order valence-corrected chi connectivity index (χ2v) is 8.29. The highest BCUT2D eigenvalue weighted by molar-refractivity contribution is 9.10. The molecule has 1 fully saturated rings. The molecule has 0 unspecified atom stereocenters. The predicted molar refractivity (Wildman–Crippen MR) is 114 cm³/mol. The van der Waals surface area contributed by atoms with Crippen LogP contribution < -0.4 is 5.32 Å². The number of benzene rings is 1. The molecule has 0 saturated carbocycles. The SMILES string of the molecule is CC[C@H](C)[C@H](NC(=O)OC)C(=O)N1CCC[C@H]1c1ncc(-c2ccc(Br)cc2)[nH]1. The van der Waals surface area contributed by atoms with Crippen LogP contribution in [0.15, 0.2) is 34.9 Å². The molecule has 3 rings (SSSR count). The molecule has 0 radical (unpaired) electrons. The van der Waals surface area contributed by atoms with E-state index < -0.39 is 12.1 Å². The molecule has 0 spiro atoms. The van der Waals surface area contributed by atoms with Gasteiger partial charge in [-0.05, 0) is 36.5 Å². The van der Waals surface area contributed by atoms with Crippen molar-refractivity contribution in [2.75, 3.05) is 13.7 Å². The topological polar surface area (TPSA) is 87.3 Å². The summed E-state index contributed by atoms with van der Waals surface area (Å²) < 4.78 is 5.73. The third-order valence-electron chi connectivity index (χ3n) is 5.54. The second-order valence-electron chi connectivity index (χ2n) is 7.38. The molecule has 1 saturated heterocycles. The zero-order valence-electron chi connectivity index (χ0n) is 16.9. The van der Waals surface area contributed by atoms with Crippen LogP contribution in [0.1, 0.15) is 45.0 Å². The number of aromatic nitrogens is 2. The number of alkyl carbamates (subject to hydrolysis) is 1. The molecule has 29 heavy (non-hydrogen) atoms. The van der Waals surface area contributed by atoms with Crippen LogP contribution in [-0.4, -0.2) is 46.6 Å². The van der Waals surface area contributed by atoms with E-state index in [1.165, 1.54) is 7.11 Å². The summed E-state index contributed by atoms with van der Waals surface area (Å²) in [4.78, 5) is 34.8. The lowest BCUT2D eigenvalue weighted by atomic mass is 9.97. The first kappa shape index (κ1) is 21.4. The van der Waals surface area contributed by atoms with Crippen molar-refractivity contribution in [3.63, 3.8) is 0 Å². The molecular formula is C21H27BrN4O3. The van der Waals surface area contributed by atoms with E-state index in [0.717, 1.165) is 40.8 Å². The fourth-order valence-electron chi connectivity index (χ4n) is 3.64. The Bertz CT molecular complexity index is 852. The zero-order chi connectivity index (χ0) is 21.0. The number of hydrogen-bond acceptors (Lipinski definition) is 4. The largest absolute Gasteiger partial charge is 0.453 e. The molecule has 2 aromatic rings. The van der Waals surface area contributed by atoms with E-state index in [9.17, 15) is 9.59 Å². The van der Waals surface area contributed by atoms with Crippen molar-refractivity contribution >= 4 is 27.9 Å². The maximum absolute atomic E-state index is 13.3. The molecule has 0 aliphatic carbocycles. The van der Waals surface area contributed by atoms with Crippen LogP contribution in [0, 0.1) is 5.92 Å². The number of amides is 2. The van der Waals surface area contributed by atoms with Gasteiger partial charge in [-0.1, -0.05) is 48.3 Å². The van der Waals surface area contributed by atoms with Gasteiger partial charge in [0.25, 0.3) is 0 Å². The molecule has 7 nitrogen and oxygen atoms in total. The lowest BCUT2D eigenvalue weighted by Gasteiger charge is -2.30. The van der Waals surface area contributed by atoms with Gasteiger partial charge in [0.15, 0.2) is 0 Å². The minimum absolute atomic E-state index is 0.00206. The van der Waals surface area contributed by atoms with Crippen LogP contribution in [0.3, 0.4) is 0 Å². The Balaban J connectivity index is 1.80. The van der Waals surface area contributed by atoms with Gasteiger partial charge in [0, 0.05) is 11.0 Å². The van der Waals surface area contributed by atoms with Crippen LogP contribution in [-0.2, 0) is 9.53 Å². The van der Waals surface area contributed by atoms with E-state index in [4.69, 9.17) is 4.74 Å². The molecule has 1 aliphatic rings. The van der Waals surface area contributed by atoms with E-state index >= 15 is 0 Å². The number of ether oxygens (including phenoxy) is 1. The summed E-state index contributed by atoms with van der Waals surface area (Å²) in [5.41, 5.74) is 1.95. The predicted octanol–water partition coefficient (Wildman–Crippen LogP) is 4.27. The number of H-pyrrole nitrogens is 1. The number of nitrogens with zero attached hydrogens (tertiary/aromatic N) is 2. The highest BCUT2D eigenvalue weighted by Crippen LogP contribution is 2.33. The molecule has 2 amide bonds. The van der Waals surface area contributed by atoms with Gasteiger partial charge in [-0.25, -0.2) is 9.78 Å². The van der Waals surface area contributed by atoms with Crippen LogP contribution in [0.2, 0.25) is 0 Å². The van der Waals surface area contributed by atoms with Crippen LogP contribution in [0.5, 0.6) is 0 Å². The average molecular weight is 463 g/mol. The van der Waals surface area contributed by atoms with Crippen LogP contribution >= 0.6 is 15.9 Å². The Morgan fingerprint density at radius 2 is 2.10 bits per heavy atom. The van der Waals surface area contributed by atoms with E-state index in [1.807, 2.05) is 43.0 Å². The van der Waals surface area contributed by atoms with Gasteiger partial charge < -0.3 is 19.9 Å². The number of nitrogens with one attached hydrogen (secondary N) is 2. The number of methoxy groups -OCH3 is 1. The molecule has 156 valence electrons. The zero-order valence-corrected chi connectivity index (χ0v) is 18.5. The first-order valence-electron chi connectivity index (χ1n) is 9.90. The number of imidazole rings is 1. The van der Waals surface area contributed by atoms with Crippen molar-refractivity contribution in [1.82, 2.24) is 20.2 Å². The molecule has 1 aromatic carbocycles. The van der Waals surface area contributed by atoms with Crippen molar-refractivity contribution in [3.8, 4) is 11.3 Å². The molecule has 2 heterocycles. The number of carbonyl (C=O) groups is 2. The Morgan fingerprint density at radius 1 is 1.38 bits per heavy atom. The Hall–Kier alpha value is -2.35. The van der Waals surface area contributed by atoms with Gasteiger partial charge in [0.1, 0.15) is 11.9 Å². The molecule has 2 N–H and O–H groups in total. The van der Waals surface area contributed by atoms with Crippen molar-refractivity contribution in [2.24, 2.45) is 5.92 Å². The van der Waals surface area contributed by atoms with Crippen molar-refractivity contribution < 1.29 is 14.3 Å². The number of halogens is 1. The summed E-state index contributed by atoms with van der Waals surface area (Å²) in [7, 11) is 1.30. The van der Waals surface area contributed by atoms with Gasteiger partial charge in [-0.15, -0.1) is 0 Å². The lowest BCUT2D eigenvalue weighted by molar-refractivity contribution is -0.135. The van der Waals surface area contributed by atoms with E-state index in [2.05, 4.69) is 31.2 Å². The first-order valence-corrected chi connectivity index (χ1v) is 10.7. The number of carbonyl (C=O) groups excluding carboxylic acids is 2. The maximum Gasteiger partial charge on any atom is 0.407 e. The Morgan fingerprint density at radius 3 is 2.76 bits per heavy atom. The summed E-state index contributed by atoms with van der Waals surface area (Å²) in [6, 6.07) is 7.25. The van der Waals surface area contributed by atoms with Crippen molar-refractivity contribution in [1.29, 1.82) is 0 Å². The summed E-state index contributed by atoms with van der Waals surface area (Å²) in [5.74, 6) is 0.682. The lowest BCUT2D eigenvalue weighted by Crippen LogP contribution is -2.51. The average Bonchev–Trinajstić information content (AvgIpc) is 3.40. The van der Waals surface area contributed by atoms with Crippen LogP contribution in [0.25, 0.3) is 11.3 Å². The normalized spacial score (nSPS) is 18.3. The smallest absolute Gasteiger partial charge is 0.407 e. The van der Waals surface area contributed by atoms with E-state index in [1.54, 1.807) is 6.20 Å². The molecule has 8 heteroatoms. The Labute approximate surface area is 179 Å². The minimum Gasteiger partial charge on any atom is -0.453 e. The standard InChI is InChI=1S/C21H27BrN4O3/c1-4-13(2)18(25-21(28)29-3)20(27)26-11-5-6-17(26)19-23-12-16(24-19)14-7-9-15(22)10-8-14/h7-10,12-13,17-18H,4-6,11H2,1-3H3,(H,23,24)(H,25,28)/t13-,17-,18-/m0/s1. The fraction of sp³-hybridized carbons (Fsp3) is 0.476.